The average Bonchev–Trinajstić information content (AvgIpc) is 2.19. The van der Waals surface area contributed by atoms with Crippen LogP contribution in [0.25, 0.3) is 11.5 Å². The maximum atomic E-state index is 9.47. The molecule has 0 atom stereocenters. The summed E-state index contributed by atoms with van der Waals surface area (Å²) in [7, 11) is 0. The second-order valence-corrected chi connectivity index (χ2v) is 2.51. The number of hydrogen-bond acceptors (Lipinski definition) is 7. The topological polar surface area (TPSA) is 111 Å². The second kappa shape index (κ2) is 3.21. The van der Waals surface area contributed by atoms with Crippen molar-refractivity contribution in [2.75, 3.05) is 5.73 Å². The summed E-state index contributed by atoms with van der Waals surface area (Å²) in [6.07, 6.45) is 2.59. The fourth-order valence-electron chi connectivity index (χ4n) is 0.940. The van der Waals surface area contributed by atoms with Gasteiger partial charge in [-0.25, -0.2) is 4.98 Å². The minimum atomic E-state index is -0.0974. The molecule has 0 saturated heterocycles. The maximum absolute atomic E-state index is 9.47. The van der Waals surface area contributed by atoms with Crippen LogP contribution in [-0.2, 0) is 0 Å². The van der Waals surface area contributed by atoms with Crippen LogP contribution in [0.5, 0.6) is 5.75 Å². The molecule has 0 amide bonds. The summed E-state index contributed by atoms with van der Waals surface area (Å²) >= 11 is 0. The Balaban J connectivity index is 2.53. The molecule has 7 nitrogen and oxygen atoms in total. The summed E-state index contributed by atoms with van der Waals surface area (Å²) in [6, 6.07) is 1.36. The number of aromatic nitrogens is 5. The largest absolute Gasteiger partial charge is 0.505 e. The summed E-state index contributed by atoms with van der Waals surface area (Å²) in [5.41, 5.74) is 5.98. The van der Waals surface area contributed by atoms with Gasteiger partial charge in [-0.15, -0.1) is 20.4 Å². The first kappa shape index (κ1) is 8.30. The molecule has 0 radical (unpaired) electrons. The van der Waals surface area contributed by atoms with E-state index in [1.807, 2.05) is 0 Å². The molecule has 70 valence electrons. The van der Waals surface area contributed by atoms with E-state index in [2.05, 4.69) is 25.4 Å². The third-order valence-electron chi connectivity index (χ3n) is 1.51. The summed E-state index contributed by atoms with van der Waals surface area (Å²) in [4.78, 5) is 3.87. The van der Waals surface area contributed by atoms with Crippen molar-refractivity contribution >= 4 is 5.69 Å². The van der Waals surface area contributed by atoms with E-state index in [0.717, 1.165) is 0 Å². The lowest BCUT2D eigenvalue weighted by Gasteiger charge is -2.00. The Morgan fingerprint density at radius 3 is 2.57 bits per heavy atom. The predicted octanol–water partition coefficient (Wildman–Crippen LogP) is -0.384. The lowest BCUT2D eigenvalue weighted by molar-refractivity contribution is 0.474. The fraction of sp³-hybridized carbons (Fsp3) is 0. The van der Waals surface area contributed by atoms with Crippen molar-refractivity contribution in [3.63, 3.8) is 0 Å². The number of nitrogens with zero attached hydrogens (tertiary/aromatic N) is 5. The Hall–Kier alpha value is -2.31. The second-order valence-electron chi connectivity index (χ2n) is 2.51. The third kappa shape index (κ3) is 1.42. The highest BCUT2D eigenvalue weighted by molar-refractivity contribution is 5.60. The van der Waals surface area contributed by atoms with E-state index in [4.69, 9.17) is 5.73 Å². The predicted molar refractivity (Wildman–Crippen MR) is 46.9 cm³/mol. The van der Waals surface area contributed by atoms with Crippen LogP contribution in [0.4, 0.5) is 5.69 Å². The number of hydrogen-bond donors (Lipinski definition) is 2. The number of anilines is 1. The van der Waals surface area contributed by atoms with Gasteiger partial charge in [0.05, 0.1) is 11.9 Å². The number of rotatable bonds is 1. The quantitative estimate of drug-likeness (QED) is 0.630. The van der Waals surface area contributed by atoms with E-state index in [-0.39, 0.29) is 17.3 Å². The van der Waals surface area contributed by atoms with E-state index < -0.39 is 0 Å². The van der Waals surface area contributed by atoms with Gasteiger partial charge in [0.2, 0.25) is 5.82 Å². The molecule has 2 heterocycles. The number of aromatic hydroxyl groups is 1. The standard InChI is InChI=1S/C7H6N6O/c8-4-1-5(14)6(9-2-4)7-12-10-3-11-13-7/h1-3,14H,8H2. The van der Waals surface area contributed by atoms with Gasteiger partial charge >= 0.3 is 0 Å². The van der Waals surface area contributed by atoms with Crippen molar-refractivity contribution in [3.8, 4) is 17.3 Å². The Morgan fingerprint density at radius 1 is 1.21 bits per heavy atom. The van der Waals surface area contributed by atoms with Gasteiger partial charge in [-0.05, 0) is 0 Å². The lowest BCUT2D eigenvalue weighted by atomic mass is 10.3. The zero-order chi connectivity index (χ0) is 9.97. The van der Waals surface area contributed by atoms with Gasteiger partial charge < -0.3 is 10.8 Å². The van der Waals surface area contributed by atoms with Crippen LogP contribution in [0.1, 0.15) is 0 Å². The van der Waals surface area contributed by atoms with E-state index in [0.29, 0.717) is 5.69 Å². The molecule has 2 rings (SSSR count). The van der Waals surface area contributed by atoms with Crippen LogP contribution < -0.4 is 5.73 Å². The monoisotopic (exact) mass is 190 g/mol. The normalized spacial score (nSPS) is 10.0. The van der Waals surface area contributed by atoms with Crippen molar-refractivity contribution in [1.82, 2.24) is 25.4 Å². The van der Waals surface area contributed by atoms with Gasteiger partial charge in [-0.3, -0.25) is 0 Å². The van der Waals surface area contributed by atoms with E-state index in [1.165, 1.54) is 18.6 Å². The lowest BCUT2D eigenvalue weighted by Crippen LogP contribution is -1.97. The first-order chi connectivity index (χ1) is 6.77. The zero-order valence-electron chi connectivity index (χ0n) is 6.99. The molecule has 0 aromatic carbocycles. The SMILES string of the molecule is Nc1cnc(-c2nncnn2)c(O)c1. The first-order valence-corrected chi connectivity index (χ1v) is 3.72. The molecule has 0 saturated carbocycles. The summed E-state index contributed by atoms with van der Waals surface area (Å²) in [6.45, 7) is 0. The molecule has 7 heteroatoms. The molecule has 0 aliphatic heterocycles. The smallest absolute Gasteiger partial charge is 0.225 e. The number of pyridine rings is 1. The zero-order valence-corrected chi connectivity index (χ0v) is 6.99. The summed E-state index contributed by atoms with van der Waals surface area (Å²) in [5, 5.41) is 23.8. The van der Waals surface area contributed by atoms with Gasteiger partial charge in [0.15, 0.2) is 12.0 Å². The highest BCUT2D eigenvalue weighted by Gasteiger charge is 2.09. The van der Waals surface area contributed by atoms with Crippen molar-refractivity contribution in [1.29, 1.82) is 0 Å². The van der Waals surface area contributed by atoms with Crippen molar-refractivity contribution in [3.05, 3.63) is 18.6 Å². The maximum Gasteiger partial charge on any atom is 0.225 e. The molecule has 3 N–H and O–H groups in total. The van der Waals surface area contributed by atoms with Gasteiger partial charge in [0.25, 0.3) is 0 Å². The molecule has 2 aromatic rings. The Bertz CT molecular complexity index is 445. The molecule has 0 spiro atoms. The fourth-order valence-corrected chi connectivity index (χ4v) is 0.940. The minimum Gasteiger partial charge on any atom is -0.505 e. The average molecular weight is 190 g/mol. The van der Waals surface area contributed by atoms with Gasteiger partial charge in [0.1, 0.15) is 5.75 Å². The van der Waals surface area contributed by atoms with Crippen LogP contribution in [0.15, 0.2) is 18.6 Å². The molecule has 0 unspecified atom stereocenters. The molecular weight excluding hydrogens is 184 g/mol. The van der Waals surface area contributed by atoms with Crippen molar-refractivity contribution in [2.24, 2.45) is 0 Å². The van der Waals surface area contributed by atoms with Crippen LogP contribution in [-0.4, -0.2) is 30.5 Å². The van der Waals surface area contributed by atoms with E-state index in [1.54, 1.807) is 0 Å². The Labute approximate surface area is 78.7 Å². The van der Waals surface area contributed by atoms with Gasteiger partial charge in [-0.2, -0.15) is 0 Å². The highest BCUT2D eigenvalue weighted by Crippen LogP contribution is 2.24. The summed E-state index contributed by atoms with van der Waals surface area (Å²) in [5.74, 6) is 0.0600. The van der Waals surface area contributed by atoms with Gasteiger partial charge in [-0.1, -0.05) is 0 Å². The van der Waals surface area contributed by atoms with Crippen LogP contribution in [0, 0.1) is 0 Å². The molecule has 14 heavy (non-hydrogen) atoms. The van der Waals surface area contributed by atoms with Crippen molar-refractivity contribution < 1.29 is 5.11 Å². The molecule has 2 aromatic heterocycles. The summed E-state index contributed by atoms with van der Waals surface area (Å²) < 4.78 is 0. The number of nitrogens with two attached hydrogens (primary N) is 1. The van der Waals surface area contributed by atoms with Gasteiger partial charge in [0, 0.05) is 6.07 Å². The molecule has 0 aliphatic carbocycles. The first-order valence-electron chi connectivity index (χ1n) is 3.72. The van der Waals surface area contributed by atoms with Crippen molar-refractivity contribution in [2.45, 2.75) is 0 Å². The molecule has 0 bridgehead atoms. The molecule has 0 fully saturated rings. The molecule has 0 aliphatic rings. The minimum absolute atomic E-state index is 0.0974. The third-order valence-corrected chi connectivity index (χ3v) is 1.51. The van der Waals surface area contributed by atoms with E-state index >= 15 is 0 Å². The highest BCUT2D eigenvalue weighted by atomic mass is 16.3. The van der Waals surface area contributed by atoms with Crippen LogP contribution >= 0.6 is 0 Å². The van der Waals surface area contributed by atoms with Crippen LogP contribution in [0.2, 0.25) is 0 Å². The van der Waals surface area contributed by atoms with E-state index in [9.17, 15) is 5.11 Å². The van der Waals surface area contributed by atoms with Crippen LogP contribution in [0.3, 0.4) is 0 Å². The molecular formula is C7H6N6O. The number of nitrogen functional groups attached to an aromatic ring is 1. The Morgan fingerprint density at radius 2 is 1.93 bits per heavy atom. The Kier molecular flexibility index (Phi) is 1.90.